The highest BCUT2D eigenvalue weighted by atomic mass is 19.1. The van der Waals surface area contributed by atoms with Gasteiger partial charge in [-0.05, 0) is 42.5 Å². The zero-order valence-corrected chi connectivity index (χ0v) is 14.8. The van der Waals surface area contributed by atoms with Crippen LogP contribution in [0.15, 0.2) is 60.8 Å². The van der Waals surface area contributed by atoms with E-state index in [-0.39, 0.29) is 17.3 Å². The molecule has 0 saturated carbocycles. The molecular weight excluding hydrogens is 366 g/mol. The summed E-state index contributed by atoms with van der Waals surface area (Å²) in [5.74, 6) is -2.14. The monoisotopic (exact) mass is 382 g/mol. The van der Waals surface area contributed by atoms with Crippen molar-refractivity contribution in [2.45, 2.75) is 6.92 Å². The van der Waals surface area contributed by atoms with Crippen LogP contribution in [-0.2, 0) is 4.79 Å². The van der Waals surface area contributed by atoms with Crippen LogP contribution < -0.4 is 16.0 Å². The van der Waals surface area contributed by atoms with Crippen LogP contribution in [0.3, 0.4) is 0 Å². The van der Waals surface area contributed by atoms with Crippen molar-refractivity contribution in [2.24, 2.45) is 0 Å². The Morgan fingerprint density at radius 1 is 0.893 bits per heavy atom. The molecule has 1 aromatic heterocycles. The Bertz CT molecular complexity index is 1040. The minimum absolute atomic E-state index is 0.0713. The standard InChI is InChI=1S/C20H16F2N4O2/c1-12(27)24-14-3-2-4-15(10-14)26-20(28)19-11-16(7-8-23-19)25-18-6-5-13(21)9-17(18)22/h2-11H,1H3,(H,23,25)(H,24,27)(H,26,28). The Morgan fingerprint density at radius 2 is 1.64 bits per heavy atom. The van der Waals surface area contributed by atoms with E-state index in [1.165, 1.54) is 25.3 Å². The van der Waals surface area contributed by atoms with Gasteiger partial charge in [0.1, 0.15) is 17.3 Å². The number of halogens is 2. The molecule has 3 rings (SSSR count). The number of rotatable bonds is 5. The summed E-state index contributed by atoms with van der Waals surface area (Å²) in [6, 6.07) is 12.8. The molecule has 28 heavy (non-hydrogen) atoms. The molecule has 3 aromatic rings. The minimum Gasteiger partial charge on any atom is -0.353 e. The van der Waals surface area contributed by atoms with Crippen LogP contribution in [0.5, 0.6) is 0 Å². The van der Waals surface area contributed by atoms with Gasteiger partial charge in [-0.1, -0.05) is 6.07 Å². The second-order valence-corrected chi connectivity index (χ2v) is 5.90. The van der Waals surface area contributed by atoms with Crippen molar-refractivity contribution in [1.29, 1.82) is 0 Å². The zero-order valence-electron chi connectivity index (χ0n) is 14.8. The van der Waals surface area contributed by atoms with Crippen LogP contribution in [0.4, 0.5) is 31.5 Å². The first-order valence-electron chi connectivity index (χ1n) is 8.28. The molecular formula is C20H16F2N4O2. The molecule has 0 aliphatic rings. The van der Waals surface area contributed by atoms with Gasteiger partial charge in [0.15, 0.2) is 0 Å². The van der Waals surface area contributed by atoms with Gasteiger partial charge in [0, 0.05) is 36.2 Å². The number of hydrogen-bond donors (Lipinski definition) is 3. The van der Waals surface area contributed by atoms with Crippen LogP contribution in [0.25, 0.3) is 0 Å². The number of anilines is 4. The Morgan fingerprint density at radius 3 is 2.36 bits per heavy atom. The first-order chi connectivity index (χ1) is 13.4. The third-order valence-electron chi connectivity index (χ3n) is 3.64. The fraction of sp³-hybridized carbons (Fsp3) is 0.0500. The summed E-state index contributed by atoms with van der Waals surface area (Å²) in [6.45, 7) is 1.39. The van der Waals surface area contributed by atoms with Crippen molar-refractivity contribution in [1.82, 2.24) is 4.98 Å². The summed E-state index contributed by atoms with van der Waals surface area (Å²) in [7, 11) is 0. The molecule has 0 aliphatic heterocycles. The van der Waals surface area contributed by atoms with Crippen molar-refractivity contribution in [3.05, 3.63) is 78.1 Å². The highest BCUT2D eigenvalue weighted by molar-refractivity contribution is 6.03. The van der Waals surface area contributed by atoms with Gasteiger partial charge >= 0.3 is 0 Å². The Labute approximate surface area is 159 Å². The topological polar surface area (TPSA) is 83.1 Å². The summed E-state index contributed by atoms with van der Waals surface area (Å²) in [6.07, 6.45) is 1.40. The molecule has 2 amide bonds. The van der Waals surface area contributed by atoms with Crippen molar-refractivity contribution in [3.8, 4) is 0 Å². The summed E-state index contributed by atoms with van der Waals surface area (Å²) in [5, 5.41) is 8.08. The van der Waals surface area contributed by atoms with E-state index >= 15 is 0 Å². The summed E-state index contributed by atoms with van der Waals surface area (Å²) in [5.41, 5.74) is 1.60. The molecule has 0 atom stereocenters. The highest BCUT2D eigenvalue weighted by Gasteiger charge is 2.10. The number of benzene rings is 2. The predicted octanol–water partition coefficient (Wildman–Crippen LogP) is 4.31. The fourth-order valence-electron chi connectivity index (χ4n) is 2.45. The van der Waals surface area contributed by atoms with Crippen molar-refractivity contribution < 1.29 is 18.4 Å². The van der Waals surface area contributed by atoms with Gasteiger partial charge in [0.2, 0.25) is 5.91 Å². The lowest BCUT2D eigenvalue weighted by Gasteiger charge is -2.10. The molecule has 0 bridgehead atoms. The van der Waals surface area contributed by atoms with Crippen LogP contribution in [-0.4, -0.2) is 16.8 Å². The highest BCUT2D eigenvalue weighted by Crippen LogP contribution is 2.21. The minimum atomic E-state index is -0.752. The van der Waals surface area contributed by atoms with Crippen LogP contribution in [0.1, 0.15) is 17.4 Å². The van der Waals surface area contributed by atoms with E-state index in [4.69, 9.17) is 0 Å². The summed E-state index contributed by atoms with van der Waals surface area (Å²) >= 11 is 0. The quantitative estimate of drug-likeness (QED) is 0.614. The second-order valence-electron chi connectivity index (χ2n) is 5.90. The molecule has 142 valence electrons. The zero-order chi connectivity index (χ0) is 20.1. The van der Waals surface area contributed by atoms with Gasteiger partial charge < -0.3 is 16.0 Å². The number of nitrogens with one attached hydrogen (secondary N) is 3. The molecule has 0 spiro atoms. The smallest absolute Gasteiger partial charge is 0.274 e. The lowest BCUT2D eigenvalue weighted by molar-refractivity contribution is -0.114. The molecule has 2 aromatic carbocycles. The molecule has 3 N–H and O–H groups in total. The van der Waals surface area contributed by atoms with Crippen LogP contribution >= 0.6 is 0 Å². The third kappa shape index (κ3) is 4.88. The van der Waals surface area contributed by atoms with E-state index in [2.05, 4.69) is 20.9 Å². The average molecular weight is 382 g/mol. The van der Waals surface area contributed by atoms with Crippen molar-refractivity contribution >= 4 is 34.6 Å². The predicted molar refractivity (Wildman–Crippen MR) is 103 cm³/mol. The van der Waals surface area contributed by atoms with Crippen LogP contribution in [0.2, 0.25) is 0 Å². The summed E-state index contributed by atoms with van der Waals surface area (Å²) < 4.78 is 26.8. The summed E-state index contributed by atoms with van der Waals surface area (Å²) in [4.78, 5) is 27.6. The maximum absolute atomic E-state index is 13.8. The van der Waals surface area contributed by atoms with E-state index in [0.29, 0.717) is 17.1 Å². The molecule has 0 unspecified atom stereocenters. The number of nitrogens with zero attached hydrogens (tertiary/aromatic N) is 1. The van der Waals surface area contributed by atoms with Crippen LogP contribution in [0, 0.1) is 11.6 Å². The number of carbonyl (C=O) groups is 2. The largest absolute Gasteiger partial charge is 0.353 e. The van der Waals surface area contributed by atoms with Gasteiger partial charge in [0.25, 0.3) is 5.91 Å². The number of carbonyl (C=O) groups excluding carboxylic acids is 2. The lowest BCUT2D eigenvalue weighted by atomic mass is 10.2. The number of pyridine rings is 1. The third-order valence-corrected chi connectivity index (χ3v) is 3.64. The van der Waals surface area contributed by atoms with Gasteiger partial charge in [-0.2, -0.15) is 0 Å². The van der Waals surface area contributed by atoms with E-state index in [0.717, 1.165) is 12.1 Å². The molecule has 0 aliphatic carbocycles. The fourth-order valence-corrected chi connectivity index (χ4v) is 2.45. The maximum atomic E-state index is 13.8. The SMILES string of the molecule is CC(=O)Nc1cccc(NC(=O)c2cc(Nc3ccc(F)cc3F)ccn2)c1. The van der Waals surface area contributed by atoms with Crippen molar-refractivity contribution in [3.63, 3.8) is 0 Å². The van der Waals surface area contributed by atoms with Gasteiger partial charge in [-0.3, -0.25) is 14.6 Å². The van der Waals surface area contributed by atoms with E-state index in [9.17, 15) is 18.4 Å². The average Bonchev–Trinajstić information content (AvgIpc) is 2.64. The van der Waals surface area contributed by atoms with Crippen molar-refractivity contribution in [2.75, 3.05) is 16.0 Å². The van der Waals surface area contributed by atoms with E-state index in [1.54, 1.807) is 30.3 Å². The lowest BCUT2D eigenvalue weighted by Crippen LogP contribution is -2.14. The molecule has 6 nitrogen and oxygen atoms in total. The van der Waals surface area contributed by atoms with Gasteiger partial charge in [0.05, 0.1) is 5.69 Å². The Hall–Kier alpha value is -3.81. The second kappa shape index (κ2) is 8.26. The first-order valence-corrected chi connectivity index (χ1v) is 8.28. The van der Waals surface area contributed by atoms with Gasteiger partial charge in [-0.25, -0.2) is 8.78 Å². The first kappa shape index (κ1) is 19.0. The molecule has 0 saturated heterocycles. The molecule has 0 radical (unpaired) electrons. The number of amides is 2. The number of aromatic nitrogens is 1. The molecule has 8 heteroatoms. The maximum Gasteiger partial charge on any atom is 0.274 e. The Balaban J connectivity index is 1.74. The van der Waals surface area contributed by atoms with E-state index < -0.39 is 17.5 Å². The number of hydrogen-bond acceptors (Lipinski definition) is 4. The van der Waals surface area contributed by atoms with E-state index in [1.807, 2.05) is 0 Å². The molecule has 1 heterocycles. The molecule has 0 fully saturated rings. The Kier molecular flexibility index (Phi) is 5.59. The van der Waals surface area contributed by atoms with Gasteiger partial charge in [-0.15, -0.1) is 0 Å². The normalized spacial score (nSPS) is 10.2.